The lowest BCUT2D eigenvalue weighted by atomic mass is 10.1. The van der Waals surface area contributed by atoms with Crippen LogP contribution in [0.4, 0.5) is 11.6 Å². The van der Waals surface area contributed by atoms with Gasteiger partial charge in [-0.05, 0) is 32.4 Å². The van der Waals surface area contributed by atoms with E-state index in [0.717, 1.165) is 73.4 Å². The molecule has 2 aliphatic heterocycles. The highest BCUT2D eigenvalue weighted by Gasteiger charge is 2.24. The monoisotopic (exact) mass is 475 g/mol. The SMILES string of the molecule is Cc1cc(C)n(CC(=O)N2CCN(c3ccccc3-c3cnc(N4CCCOCC4)nc3)CC2)n1. The molecule has 2 aliphatic rings. The van der Waals surface area contributed by atoms with E-state index in [4.69, 9.17) is 4.74 Å². The molecule has 35 heavy (non-hydrogen) atoms. The summed E-state index contributed by atoms with van der Waals surface area (Å²) in [4.78, 5) is 28.7. The van der Waals surface area contributed by atoms with E-state index in [9.17, 15) is 4.79 Å². The standard InChI is InChI=1S/C26H33N7O2/c1-20-16-21(2)33(29-20)19-25(34)31-11-9-30(10-12-31)24-7-4-3-6-23(24)22-17-27-26(28-18-22)32-8-5-14-35-15-13-32/h3-4,6-7,16-18H,5,8-15,19H2,1-2H3. The molecule has 9 nitrogen and oxygen atoms in total. The molecule has 3 aromatic rings. The Bertz CT molecular complexity index is 1140. The number of hydrogen-bond donors (Lipinski definition) is 0. The van der Waals surface area contributed by atoms with Crippen molar-refractivity contribution in [1.82, 2.24) is 24.6 Å². The molecule has 0 radical (unpaired) electrons. The smallest absolute Gasteiger partial charge is 0.244 e. The van der Waals surface area contributed by atoms with E-state index < -0.39 is 0 Å². The zero-order valence-corrected chi connectivity index (χ0v) is 20.6. The van der Waals surface area contributed by atoms with Crippen LogP contribution in [0.1, 0.15) is 17.8 Å². The lowest BCUT2D eigenvalue weighted by Gasteiger charge is -2.37. The fourth-order valence-corrected chi connectivity index (χ4v) is 4.82. The van der Waals surface area contributed by atoms with Crippen LogP contribution in [-0.2, 0) is 16.1 Å². The molecule has 184 valence electrons. The number of carbonyl (C=O) groups is 1. The summed E-state index contributed by atoms with van der Waals surface area (Å²) in [7, 11) is 0. The van der Waals surface area contributed by atoms with Gasteiger partial charge in [-0.3, -0.25) is 9.48 Å². The van der Waals surface area contributed by atoms with Crippen LogP contribution in [0.25, 0.3) is 11.1 Å². The van der Waals surface area contributed by atoms with Crippen LogP contribution in [0.2, 0.25) is 0 Å². The third-order valence-corrected chi connectivity index (χ3v) is 6.72. The number of nitrogens with zero attached hydrogens (tertiary/aromatic N) is 7. The highest BCUT2D eigenvalue weighted by atomic mass is 16.5. The van der Waals surface area contributed by atoms with Crippen molar-refractivity contribution in [2.24, 2.45) is 0 Å². The molecule has 0 saturated carbocycles. The summed E-state index contributed by atoms with van der Waals surface area (Å²) in [5, 5.41) is 4.43. The number of amides is 1. The molecule has 2 fully saturated rings. The average molecular weight is 476 g/mol. The van der Waals surface area contributed by atoms with Crippen LogP contribution >= 0.6 is 0 Å². The van der Waals surface area contributed by atoms with Crippen molar-refractivity contribution in [3.05, 3.63) is 54.1 Å². The summed E-state index contributed by atoms with van der Waals surface area (Å²) in [6.07, 6.45) is 4.83. The second kappa shape index (κ2) is 10.4. The molecule has 2 aromatic heterocycles. The summed E-state index contributed by atoms with van der Waals surface area (Å²) in [5.74, 6) is 0.874. The van der Waals surface area contributed by atoms with Crippen molar-refractivity contribution in [3.8, 4) is 11.1 Å². The molecule has 0 atom stereocenters. The molecule has 0 bridgehead atoms. The zero-order chi connectivity index (χ0) is 24.2. The number of carbonyl (C=O) groups excluding carboxylic acids is 1. The molecular formula is C26H33N7O2. The van der Waals surface area contributed by atoms with E-state index >= 15 is 0 Å². The van der Waals surface area contributed by atoms with Crippen LogP contribution in [0.5, 0.6) is 0 Å². The van der Waals surface area contributed by atoms with Crippen molar-refractivity contribution in [2.75, 3.05) is 62.3 Å². The van der Waals surface area contributed by atoms with Gasteiger partial charge in [-0.15, -0.1) is 0 Å². The quantitative estimate of drug-likeness (QED) is 0.561. The van der Waals surface area contributed by atoms with Crippen molar-refractivity contribution in [1.29, 1.82) is 0 Å². The Labute approximate surface area is 206 Å². The highest BCUT2D eigenvalue weighted by Crippen LogP contribution is 2.31. The second-order valence-electron chi connectivity index (χ2n) is 9.19. The van der Waals surface area contributed by atoms with E-state index in [2.05, 4.69) is 43.1 Å². The third kappa shape index (κ3) is 5.30. The predicted octanol–water partition coefficient (Wildman–Crippen LogP) is 2.53. The molecule has 0 aliphatic carbocycles. The number of aryl methyl sites for hydroxylation is 2. The Kier molecular flexibility index (Phi) is 6.94. The largest absolute Gasteiger partial charge is 0.380 e. The molecule has 4 heterocycles. The van der Waals surface area contributed by atoms with Gasteiger partial charge in [-0.2, -0.15) is 5.10 Å². The summed E-state index contributed by atoms with van der Waals surface area (Å²) in [6, 6.07) is 10.4. The first-order chi connectivity index (χ1) is 17.1. The van der Waals surface area contributed by atoms with E-state index in [1.54, 1.807) is 4.68 Å². The molecule has 0 unspecified atom stereocenters. The maximum Gasteiger partial charge on any atom is 0.244 e. The van der Waals surface area contributed by atoms with Crippen molar-refractivity contribution in [3.63, 3.8) is 0 Å². The fraction of sp³-hybridized carbons (Fsp3) is 0.462. The number of benzene rings is 1. The zero-order valence-electron chi connectivity index (χ0n) is 20.6. The summed E-state index contributed by atoms with van der Waals surface area (Å²) in [5.41, 5.74) is 5.21. The lowest BCUT2D eigenvalue weighted by Crippen LogP contribution is -2.49. The second-order valence-corrected chi connectivity index (χ2v) is 9.19. The van der Waals surface area contributed by atoms with E-state index in [1.165, 1.54) is 0 Å². The Balaban J connectivity index is 1.25. The molecule has 1 amide bonds. The van der Waals surface area contributed by atoms with Crippen LogP contribution in [0.15, 0.2) is 42.7 Å². The number of aromatic nitrogens is 4. The van der Waals surface area contributed by atoms with Gasteiger partial charge in [0, 0.05) is 80.8 Å². The Morgan fingerprint density at radius 1 is 0.943 bits per heavy atom. The normalized spacial score (nSPS) is 16.9. The Hall–Kier alpha value is -3.46. The Morgan fingerprint density at radius 3 is 2.46 bits per heavy atom. The number of para-hydroxylation sites is 1. The van der Waals surface area contributed by atoms with Gasteiger partial charge in [0.25, 0.3) is 0 Å². The van der Waals surface area contributed by atoms with Gasteiger partial charge in [-0.25, -0.2) is 9.97 Å². The molecule has 2 saturated heterocycles. The third-order valence-electron chi connectivity index (χ3n) is 6.72. The summed E-state index contributed by atoms with van der Waals surface area (Å²) >= 11 is 0. The van der Waals surface area contributed by atoms with Gasteiger partial charge in [0.15, 0.2) is 0 Å². The minimum Gasteiger partial charge on any atom is -0.380 e. The first kappa shape index (κ1) is 23.3. The maximum absolute atomic E-state index is 12.9. The van der Waals surface area contributed by atoms with Crippen molar-refractivity contribution >= 4 is 17.5 Å². The topological polar surface area (TPSA) is 79.6 Å². The average Bonchev–Trinajstić information content (AvgIpc) is 3.06. The van der Waals surface area contributed by atoms with Crippen LogP contribution in [-0.4, -0.2) is 83.0 Å². The molecule has 0 spiro atoms. The van der Waals surface area contributed by atoms with Gasteiger partial charge >= 0.3 is 0 Å². The first-order valence-corrected chi connectivity index (χ1v) is 12.4. The van der Waals surface area contributed by atoms with Gasteiger partial charge in [0.1, 0.15) is 6.54 Å². The molecule has 0 N–H and O–H groups in total. The van der Waals surface area contributed by atoms with Gasteiger partial charge < -0.3 is 19.4 Å². The van der Waals surface area contributed by atoms with Gasteiger partial charge in [0.05, 0.1) is 12.3 Å². The van der Waals surface area contributed by atoms with E-state index in [-0.39, 0.29) is 5.91 Å². The fourth-order valence-electron chi connectivity index (χ4n) is 4.82. The van der Waals surface area contributed by atoms with E-state index in [0.29, 0.717) is 26.2 Å². The molecule has 1 aromatic carbocycles. The first-order valence-electron chi connectivity index (χ1n) is 12.4. The van der Waals surface area contributed by atoms with Crippen molar-refractivity contribution in [2.45, 2.75) is 26.8 Å². The number of piperazine rings is 1. The Morgan fingerprint density at radius 2 is 1.71 bits per heavy atom. The lowest BCUT2D eigenvalue weighted by molar-refractivity contribution is -0.132. The van der Waals surface area contributed by atoms with Crippen molar-refractivity contribution < 1.29 is 9.53 Å². The maximum atomic E-state index is 12.9. The number of anilines is 2. The minimum absolute atomic E-state index is 0.118. The number of ether oxygens (including phenoxy) is 1. The molecular weight excluding hydrogens is 442 g/mol. The summed E-state index contributed by atoms with van der Waals surface area (Å²) in [6.45, 7) is 10.4. The van der Waals surface area contributed by atoms with Gasteiger partial charge in [0.2, 0.25) is 11.9 Å². The predicted molar refractivity (Wildman–Crippen MR) is 136 cm³/mol. The van der Waals surface area contributed by atoms with E-state index in [1.807, 2.05) is 43.3 Å². The number of hydrogen-bond acceptors (Lipinski definition) is 7. The van der Waals surface area contributed by atoms with Crippen LogP contribution < -0.4 is 9.80 Å². The van der Waals surface area contributed by atoms with Crippen LogP contribution in [0.3, 0.4) is 0 Å². The minimum atomic E-state index is 0.118. The van der Waals surface area contributed by atoms with Gasteiger partial charge in [-0.1, -0.05) is 18.2 Å². The highest BCUT2D eigenvalue weighted by molar-refractivity contribution is 5.79. The molecule has 5 rings (SSSR count). The molecule has 9 heteroatoms. The van der Waals surface area contributed by atoms with Crippen LogP contribution in [0, 0.1) is 13.8 Å². The summed E-state index contributed by atoms with van der Waals surface area (Å²) < 4.78 is 7.34. The number of rotatable bonds is 5.